The molecule has 4 rings (SSSR count). The van der Waals surface area contributed by atoms with E-state index in [2.05, 4.69) is 19.9 Å². The van der Waals surface area contributed by atoms with E-state index in [0.717, 1.165) is 44.9 Å². The van der Waals surface area contributed by atoms with Crippen LogP contribution in [0.1, 0.15) is 78.6 Å². The maximum Gasteiger partial charge on any atom is 0.305 e. The van der Waals surface area contributed by atoms with Crippen molar-refractivity contribution in [2.75, 3.05) is 0 Å². The van der Waals surface area contributed by atoms with Gasteiger partial charge in [0, 0.05) is 24.7 Å². The Hall–Kier alpha value is -1.12. The molecule has 3 nitrogen and oxygen atoms in total. The highest BCUT2D eigenvalue weighted by atomic mass is 16.5. The summed E-state index contributed by atoms with van der Waals surface area (Å²) in [6.45, 7) is 6.56. The lowest BCUT2D eigenvalue weighted by Gasteiger charge is -2.56. The first kappa shape index (κ1) is 17.3. The number of Topliss-reactive ketones (excluding diaryl/α,β-unsaturated/α-hetero) is 1. The second kappa shape index (κ2) is 5.96. The Balaban J connectivity index is 1.56. The molecule has 0 amide bonds. The van der Waals surface area contributed by atoms with Crippen LogP contribution in [0.25, 0.3) is 0 Å². The number of fused-ring (bicyclic) bond motifs is 5. The Labute approximate surface area is 151 Å². The zero-order valence-electron chi connectivity index (χ0n) is 16.0. The minimum absolute atomic E-state index is 0.0449. The van der Waals surface area contributed by atoms with Crippen LogP contribution in [0.4, 0.5) is 0 Å². The van der Waals surface area contributed by atoms with Crippen LogP contribution in [0.15, 0.2) is 11.6 Å². The summed E-state index contributed by atoms with van der Waals surface area (Å²) in [7, 11) is 0. The van der Waals surface area contributed by atoms with Crippen molar-refractivity contribution in [3.05, 3.63) is 11.6 Å². The van der Waals surface area contributed by atoms with E-state index in [9.17, 15) is 9.59 Å². The molecule has 0 heterocycles. The van der Waals surface area contributed by atoms with Gasteiger partial charge in [-0.1, -0.05) is 32.4 Å². The van der Waals surface area contributed by atoms with E-state index in [4.69, 9.17) is 4.74 Å². The highest BCUT2D eigenvalue weighted by Crippen LogP contribution is 2.64. The maximum absolute atomic E-state index is 12.5. The van der Waals surface area contributed by atoms with Crippen molar-refractivity contribution < 1.29 is 14.3 Å². The Morgan fingerprint density at radius 2 is 1.88 bits per heavy atom. The number of ether oxygens (including phenoxy) is 1. The highest BCUT2D eigenvalue weighted by molar-refractivity contribution is 5.87. The van der Waals surface area contributed by atoms with Gasteiger partial charge in [0.15, 0.2) is 0 Å². The van der Waals surface area contributed by atoms with Crippen molar-refractivity contribution in [3.63, 3.8) is 0 Å². The SMILES string of the molecule is CCC(=O)OC1CC[C@@]2(C)C(=CCC3C2CC[C@]2(C)C(=O)CCC32)C1. The minimum atomic E-state index is -0.0687. The molecular weight excluding hydrogens is 312 g/mol. The van der Waals surface area contributed by atoms with Crippen molar-refractivity contribution in [1.82, 2.24) is 0 Å². The van der Waals surface area contributed by atoms with Gasteiger partial charge in [0.1, 0.15) is 11.9 Å². The molecule has 4 aliphatic carbocycles. The predicted molar refractivity (Wildman–Crippen MR) is 96.9 cm³/mol. The summed E-state index contributed by atoms with van der Waals surface area (Å²) >= 11 is 0. The quantitative estimate of drug-likeness (QED) is 0.532. The first-order valence-electron chi connectivity index (χ1n) is 10.3. The molecule has 4 unspecified atom stereocenters. The van der Waals surface area contributed by atoms with Gasteiger partial charge in [-0.15, -0.1) is 0 Å². The summed E-state index contributed by atoms with van der Waals surface area (Å²) in [6, 6.07) is 0. The van der Waals surface area contributed by atoms with E-state index in [1.165, 1.54) is 12.0 Å². The molecule has 0 saturated heterocycles. The second-order valence-electron chi connectivity index (χ2n) is 9.39. The number of carbonyl (C=O) groups is 2. The van der Waals surface area contributed by atoms with Crippen LogP contribution in [0, 0.1) is 28.6 Å². The smallest absolute Gasteiger partial charge is 0.305 e. The number of esters is 1. The number of ketones is 1. The zero-order chi connectivity index (χ0) is 17.8. The average molecular weight is 344 g/mol. The normalized spacial score (nSPS) is 45.9. The molecule has 0 aromatic carbocycles. The Bertz CT molecular complexity index is 621. The zero-order valence-corrected chi connectivity index (χ0v) is 16.0. The summed E-state index contributed by atoms with van der Waals surface area (Å²) < 4.78 is 5.65. The Kier molecular flexibility index (Phi) is 4.12. The lowest BCUT2D eigenvalue weighted by Crippen LogP contribution is -2.50. The molecule has 0 radical (unpaired) electrons. The molecule has 138 valence electrons. The third-order valence-corrected chi connectivity index (χ3v) is 8.35. The van der Waals surface area contributed by atoms with Crippen LogP contribution in [-0.2, 0) is 14.3 Å². The molecule has 0 aromatic rings. The molecule has 4 aliphatic rings. The first-order valence-corrected chi connectivity index (χ1v) is 10.3. The third-order valence-electron chi connectivity index (χ3n) is 8.35. The topological polar surface area (TPSA) is 43.4 Å². The Morgan fingerprint density at radius 3 is 2.64 bits per heavy atom. The van der Waals surface area contributed by atoms with Crippen molar-refractivity contribution in [2.24, 2.45) is 28.6 Å². The number of hydrogen-bond acceptors (Lipinski definition) is 3. The van der Waals surface area contributed by atoms with E-state index in [1.54, 1.807) is 0 Å². The summed E-state index contributed by atoms with van der Waals surface area (Å²) in [4.78, 5) is 24.1. The van der Waals surface area contributed by atoms with Gasteiger partial charge in [-0.05, 0) is 61.7 Å². The van der Waals surface area contributed by atoms with Gasteiger partial charge in [0.25, 0.3) is 0 Å². The van der Waals surface area contributed by atoms with E-state index in [0.29, 0.717) is 30.0 Å². The largest absolute Gasteiger partial charge is 0.462 e. The van der Waals surface area contributed by atoms with Gasteiger partial charge >= 0.3 is 5.97 Å². The second-order valence-corrected chi connectivity index (χ2v) is 9.39. The van der Waals surface area contributed by atoms with Gasteiger partial charge in [-0.3, -0.25) is 9.59 Å². The van der Waals surface area contributed by atoms with Crippen molar-refractivity contribution in [3.8, 4) is 0 Å². The van der Waals surface area contributed by atoms with Crippen molar-refractivity contribution in [1.29, 1.82) is 0 Å². The summed E-state index contributed by atoms with van der Waals surface area (Å²) in [5.41, 5.74) is 1.74. The molecule has 6 atom stereocenters. The Morgan fingerprint density at radius 1 is 1.16 bits per heavy atom. The number of hydrogen-bond donors (Lipinski definition) is 0. The molecule has 25 heavy (non-hydrogen) atoms. The van der Waals surface area contributed by atoms with Gasteiger partial charge in [0.05, 0.1) is 0 Å². The maximum atomic E-state index is 12.5. The molecule has 0 aliphatic heterocycles. The minimum Gasteiger partial charge on any atom is -0.462 e. The van der Waals surface area contributed by atoms with Crippen molar-refractivity contribution in [2.45, 2.75) is 84.7 Å². The standard InChI is InChI=1S/C22H32O3/c1-4-20(24)25-15-9-11-21(2)14(13-15)5-6-16-17-7-8-19(23)22(17,3)12-10-18(16)21/h5,15-18H,4,6-13H2,1-3H3/t15?,16?,17?,18?,21-,22-/m0/s1. The molecular formula is C22H32O3. The lowest BCUT2D eigenvalue weighted by atomic mass is 9.48. The van der Waals surface area contributed by atoms with Crippen LogP contribution in [0.3, 0.4) is 0 Å². The molecule has 3 heteroatoms. The number of carbonyl (C=O) groups excluding carboxylic acids is 2. The van der Waals surface area contributed by atoms with Crippen LogP contribution in [-0.4, -0.2) is 17.9 Å². The molecule has 0 spiro atoms. The van der Waals surface area contributed by atoms with Crippen molar-refractivity contribution >= 4 is 11.8 Å². The summed E-state index contributed by atoms with van der Waals surface area (Å²) in [5.74, 6) is 2.42. The van der Waals surface area contributed by atoms with Gasteiger partial charge in [-0.2, -0.15) is 0 Å². The monoisotopic (exact) mass is 344 g/mol. The molecule has 3 saturated carbocycles. The molecule has 0 bridgehead atoms. The summed E-state index contributed by atoms with van der Waals surface area (Å²) in [5, 5.41) is 0. The fraction of sp³-hybridized carbons (Fsp3) is 0.818. The van der Waals surface area contributed by atoms with E-state index >= 15 is 0 Å². The van der Waals surface area contributed by atoms with E-state index in [-0.39, 0.29) is 22.9 Å². The highest BCUT2D eigenvalue weighted by Gasteiger charge is 2.58. The fourth-order valence-corrected chi connectivity index (χ4v) is 6.77. The fourth-order valence-electron chi connectivity index (χ4n) is 6.77. The average Bonchev–Trinajstić information content (AvgIpc) is 2.90. The van der Waals surface area contributed by atoms with Crippen LogP contribution in [0.5, 0.6) is 0 Å². The molecule has 3 fully saturated rings. The van der Waals surface area contributed by atoms with E-state index < -0.39 is 0 Å². The van der Waals surface area contributed by atoms with Gasteiger partial charge < -0.3 is 4.74 Å². The first-order chi connectivity index (χ1) is 11.9. The van der Waals surface area contributed by atoms with E-state index in [1.807, 2.05) is 6.92 Å². The van der Waals surface area contributed by atoms with Gasteiger partial charge in [-0.25, -0.2) is 0 Å². The molecule has 0 aromatic heterocycles. The predicted octanol–water partition coefficient (Wildman–Crippen LogP) is 4.84. The van der Waals surface area contributed by atoms with Crippen LogP contribution >= 0.6 is 0 Å². The summed E-state index contributed by atoms with van der Waals surface area (Å²) in [6.07, 6.45) is 11.3. The van der Waals surface area contributed by atoms with Gasteiger partial charge in [0.2, 0.25) is 0 Å². The lowest BCUT2D eigenvalue weighted by molar-refractivity contribution is -0.151. The number of allylic oxidation sites excluding steroid dienone is 1. The molecule has 0 N–H and O–H groups in total. The van der Waals surface area contributed by atoms with Crippen LogP contribution in [0.2, 0.25) is 0 Å². The van der Waals surface area contributed by atoms with Crippen LogP contribution < -0.4 is 0 Å². The third kappa shape index (κ3) is 2.52. The number of rotatable bonds is 2.